The van der Waals surface area contributed by atoms with Gasteiger partial charge in [-0.15, -0.1) is 0 Å². The van der Waals surface area contributed by atoms with Gasteiger partial charge in [0.25, 0.3) is 0 Å². The van der Waals surface area contributed by atoms with Crippen LogP contribution in [0.25, 0.3) is 0 Å². The first-order chi connectivity index (χ1) is 9.39. The summed E-state index contributed by atoms with van der Waals surface area (Å²) >= 11 is 0. The highest BCUT2D eigenvalue weighted by molar-refractivity contribution is 7.87. The lowest BCUT2D eigenvalue weighted by atomic mass is 10.2. The molecule has 0 saturated heterocycles. The summed E-state index contributed by atoms with van der Waals surface area (Å²) in [5.41, 5.74) is 0.586. The largest absolute Gasteiger partial charge is 0.497 e. The molecule has 0 radical (unpaired) electrons. The molecule has 0 spiro atoms. The van der Waals surface area contributed by atoms with Gasteiger partial charge in [0.2, 0.25) is 0 Å². The van der Waals surface area contributed by atoms with Crippen molar-refractivity contribution in [3.63, 3.8) is 0 Å². The molecule has 0 saturated carbocycles. The molecule has 0 unspecified atom stereocenters. The van der Waals surface area contributed by atoms with Gasteiger partial charge < -0.3 is 14.6 Å². The van der Waals surface area contributed by atoms with Crippen LogP contribution in [0.4, 0.5) is 4.79 Å². The molecule has 8 nitrogen and oxygen atoms in total. The molecule has 0 bridgehead atoms. The maximum atomic E-state index is 11.7. The second-order valence-electron chi connectivity index (χ2n) is 3.72. The van der Waals surface area contributed by atoms with Crippen LogP contribution in [0.2, 0.25) is 0 Å². The summed E-state index contributed by atoms with van der Waals surface area (Å²) in [5.74, 6) is 0.599. The smallest absolute Gasteiger partial charge is 0.419 e. The monoisotopic (exact) mass is 302 g/mol. The van der Waals surface area contributed by atoms with Crippen LogP contribution in [-0.2, 0) is 21.5 Å². The van der Waals surface area contributed by atoms with E-state index in [0.29, 0.717) is 17.6 Å². The Morgan fingerprint density at radius 2 is 2.00 bits per heavy atom. The molecule has 0 aliphatic heterocycles. The fourth-order valence-electron chi connectivity index (χ4n) is 1.44. The van der Waals surface area contributed by atoms with E-state index in [4.69, 9.17) is 9.84 Å². The van der Waals surface area contributed by atoms with Crippen LogP contribution >= 0.6 is 0 Å². The molecule has 1 aromatic rings. The Morgan fingerprint density at radius 3 is 2.45 bits per heavy atom. The number of benzene rings is 1. The third-order valence-electron chi connectivity index (χ3n) is 2.35. The highest BCUT2D eigenvalue weighted by Gasteiger charge is 2.23. The van der Waals surface area contributed by atoms with Crippen molar-refractivity contribution >= 4 is 22.6 Å². The van der Waals surface area contributed by atoms with Gasteiger partial charge in [0, 0.05) is 6.54 Å². The lowest BCUT2D eigenvalue weighted by molar-refractivity contribution is -0.108. The lowest BCUT2D eigenvalue weighted by Gasteiger charge is -2.19. The molecule has 0 aromatic heterocycles. The summed E-state index contributed by atoms with van der Waals surface area (Å²) in [6.45, 7) is -0.583. The van der Waals surface area contributed by atoms with Crippen molar-refractivity contribution in [1.82, 2.24) is 9.03 Å². The van der Waals surface area contributed by atoms with Gasteiger partial charge in [-0.25, -0.2) is 9.52 Å². The van der Waals surface area contributed by atoms with Gasteiger partial charge in [0.1, 0.15) is 12.0 Å². The first kappa shape index (κ1) is 15.9. The highest BCUT2D eigenvalue weighted by atomic mass is 32.2. The zero-order chi connectivity index (χ0) is 15.2. The van der Waals surface area contributed by atoms with Crippen LogP contribution in [0.5, 0.6) is 5.75 Å². The quantitative estimate of drug-likeness (QED) is 0.696. The number of carboxylic acid groups (broad SMARTS) is 1. The number of nitrogens with one attached hydrogen (secondary N) is 1. The fraction of sp³-hybridized carbons (Fsp3) is 0.273. The molecule has 0 aliphatic carbocycles. The number of methoxy groups -OCH3 is 1. The lowest BCUT2D eigenvalue weighted by Crippen LogP contribution is -2.43. The summed E-state index contributed by atoms with van der Waals surface area (Å²) in [5, 5.41) is 8.48. The molecule has 0 heterocycles. The normalized spacial score (nSPS) is 11.1. The summed E-state index contributed by atoms with van der Waals surface area (Å²) in [7, 11) is -2.78. The van der Waals surface area contributed by atoms with E-state index in [-0.39, 0.29) is 6.54 Å². The summed E-state index contributed by atoms with van der Waals surface area (Å²) in [6.07, 6.45) is -1.33. The first-order valence-electron chi connectivity index (χ1n) is 5.46. The Bertz CT molecular complexity index is 569. The first-order valence-corrected chi connectivity index (χ1v) is 6.90. The number of ether oxygens (including phenoxy) is 1. The minimum atomic E-state index is -4.28. The maximum Gasteiger partial charge on any atom is 0.419 e. The molecular formula is C11H14N2O6S. The van der Waals surface area contributed by atoms with Crippen LogP contribution in [0.1, 0.15) is 5.56 Å². The highest BCUT2D eigenvalue weighted by Crippen LogP contribution is 2.14. The second-order valence-corrected chi connectivity index (χ2v) is 5.39. The van der Waals surface area contributed by atoms with Crippen molar-refractivity contribution in [2.75, 3.05) is 13.7 Å². The Balaban J connectivity index is 2.90. The van der Waals surface area contributed by atoms with E-state index in [0.717, 1.165) is 4.31 Å². The van der Waals surface area contributed by atoms with E-state index in [1.807, 2.05) is 0 Å². The third-order valence-corrected chi connectivity index (χ3v) is 3.74. The van der Waals surface area contributed by atoms with Gasteiger partial charge in [-0.3, -0.25) is 0 Å². The molecule has 9 heteroatoms. The summed E-state index contributed by atoms with van der Waals surface area (Å²) in [4.78, 5) is 21.0. The number of hydrogen-bond donors (Lipinski definition) is 2. The Hall–Kier alpha value is -2.13. The Kier molecular flexibility index (Phi) is 5.47. The molecule has 1 aromatic carbocycles. The number of carbonyl (C=O) groups excluding carboxylic acids is 1. The van der Waals surface area contributed by atoms with E-state index < -0.39 is 22.8 Å². The van der Waals surface area contributed by atoms with Crippen LogP contribution < -0.4 is 9.46 Å². The van der Waals surface area contributed by atoms with Gasteiger partial charge in [-0.05, 0) is 17.7 Å². The van der Waals surface area contributed by atoms with Crippen molar-refractivity contribution in [3.05, 3.63) is 29.8 Å². The average Bonchev–Trinajstić information content (AvgIpc) is 2.37. The van der Waals surface area contributed by atoms with E-state index in [1.54, 1.807) is 24.3 Å². The zero-order valence-electron chi connectivity index (χ0n) is 10.6. The molecular weight excluding hydrogens is 288 g/mol. The van der Waals surface area contributed by atoms with E-state index in [1.165, 1.54) is 11.8 Å². The molecule has 1 rings (SSSR count). The summed E-state index contributed by atoms with van der Waals surface area (Å²) < 4.78 is 30.5. The van der Waals surface area contributed by atoms with Crippen LogP contribution in [0, 0.1) is 0 Å². The predicted octanol–water partition coefficient (Wildman–Crippen LogP) is 0.209. The standard InChI is InChI=1S/C11H14N2O6S/c1-19-10-4-2-9(3-5-10)8-13(6-7-14)20(17,18)12-11(15)16/h2-5,7,12H,6,8H2,1H3,(H,15,16). The van der Waals surface area contributed by atoms with E-state index >= 15 is 0 Å². The van der Waals surface area contributed by atoms with E-state index in [2.05, 4.69) is 0 Å². The topological polar surface area (TPSA) is 113 Å². The Labute approximate surface area is 116 Å². The number of amides is 1. The molecule has 20 heavy (non-hydrogen) atoms. The summed E-state index contributed by atoms with van der Waals surface area (Å²) in [6, 6.07) is 6.50. The van der Waals surface area contributed by atoms with Crippen LogP contribution in [-0.4, -0.2) is 43.9 Å². The number of aldehydes is 1. The molecule has 0 atom stereocenters. The minimum absolute atomic E-state index is 0.134. The Morgan fingerprint density at radius 1 is 1.40 bits per heavy atom. The van der Waals surface area contributed by atoms with Gasteiger partial charge in [-0.1, -0.05) is 12.1 Å². The van der Waals surface area contributed by atoms with Crippen molar-refractivity contribution in [2.45, 2.75) is 6.54 Å². The van der Waals surface area contributed by atoms with Crippen molar-refractivity contribution in [1.29, 1.82) is 0 Å². The predicted molar refractivity (Wildman–Crippen MR) is 69.5 cm³/mol. The number of nitrogens with zero attached hydrogens (tertiary/aromatic N) is 1. The average molecular weight is 302 g/mol. The molecule has 2 N–H and O–H groups in total. The van der Waals surface area contributed by atoms with Crippen LogP contribution in [0.3, 0.4) is 0 Å². The van der Waals surface area contributed by atoms with Crippen molar-refractivity contribution in [2.24, 2.45) is 0 Å². The van der Waals surface area contributed by atoms with Crippen LogP contribution in [0.15, 0.2) is 24.3 Å². The third kappa shape index (κ3) is 4.52. The van der Waals surface area contributed by atoms with Crippen molar-refractivity contribution < 1.29 is 27.9 Å². The van der Waals surface area contributed by atoms with Crippen molar-refractivity contribution in [3.8, 4) is 5.75 Å². The molecule has 1 amide bonds. The van der Waals surface area contributed by atoms with Gasteiger partial charge in [0.15, 0.2) is 0 Å². The second kappa shape index (κ2) is 6.87. The fourth-order valence-corrected chi connectivity index (χ4v) is 2.37. The van der Waals surface area contributed by atoms with Gasteiger partial charge >= 0.3 is 16.3 Å². The van der Waals surface area contributed by atoms with Gasteiger partial charge in [-0.2, -0.15) is 12.7 Å². The number of hydrogen-bond acceptors (Lipinski definition) is 5. The SMILES string of the molecule is COc1ccc(CN(CC=O)S(=O)(=O)NC(=O)O)cc1. The molecule has 110 valence electrons. The van der Waals surface area contributed by atoms with Gasteiger partial charge in [0.05, 0.1) is 13.7 Å². The van der Waals surface area contributed by atoms with E-state index in [9.17, 15) is 18.0 Å². The maximum absolute atomic E-state index is 11.7. The molecule has 0 aliphatic rings. The number of carbonyl (C=O) groups is 2. The number of rotatable bonds is 7. The molecule has 0 fully saturated rings. The minimum Gasteiger partial charge on any atom is -0.497 e. The zero-order valence-corrected chi connectivity index (χ0v) is 11.5.